The molecule has 0 saturated carbocycles. The van der Waals surface area contributed by atoms with E-state index in [2.05, 4.69) is 9.97 Å². The quantitative estimate of drug-likeness (QED) is 0.309. The molecule has 0 radical (unpaired) electrons. The van der Waals surface area contributed by atoms with E-state index in [9.17, 15) is 20.2 Å². The number of aromatic nitrogens is 2. The number of nitro groups is 2. The van der Waals surface area contributed by atoms with Crippen LogP contribution in [0.5, 0.6) is 0 Å². The van der Waals surface area contributed by atoms with E-state index in [4.69, 9.17) is 0 Å². The van der Waals surface area contributed by atoms with Gasteiger partial charge in [0.25, 0.3) is 11.4 Å². The third-order valence-corrected chi connectivity index (χ3v) is 5.01. The van der Waals surface area contributed by atoms with Crippen LogP contribution in [0.4, 0.5) is 11.4 Å². The summed E-state index contributed by atoms with van der Waals surface area (Å²) in [6, 6.07) is 6.66. The van der Waals surface area contributed by atoms with Crippen LogP contribution in [0, 0.1) is 20.2 Å². The summed E-state index contributed by atoms with van der Waals surface area (Å²) < 4.78 is 0. The second-order valence-corrected chi connectivity index (χ2v) is 6.22. The lowest BCUT2D eigenvalue weighted by Gasteiger charge is -2.11. The van der Waals surface area contributed by atoms with Crippen molar-refractivity contribution < 1.29 is 9.85 Å². The number of hydrogen-bond donors (Lipinski definition) is 0. The molecule has 0 aliphatic heterocycles. The third-order valence-electron chi connectivity index (χ3n) is 5.01. The summed E-state index contributed by atoms with van der Waals surface area (Å²) in [6.45, 7) is 0. The number of hydrogen-bond acceptors (Lipinski definition) is 6. The number of nitro benzene ring substituents is 2. The number of rotatable bonds is 2. The summed E-state index contributed by atoms with van der Waals surface area (Å²) in [5.41, 5.74) is 1.97. The van der Waals surface area contributed by atoms with E-state index >= 15 is 0 Å². The second kappa shape index (κ2) is 4.92. The molecule has 2 aromatic carbocycles. The Morgan fingerprint density at radius 2 is 1.23 bits per heavy atom. The molecule has 8 heteroatoms. The van der Waals surface area contributed by atoms with Crippen LogP contribution in [0.2, 0.25) is 0 Å². The molecule has 0 bridgehead atoms. The van der Waals surface area contributed by atoms with Gasteiger partial charge in [-0.1, -0.05) is 0 Å². The normalized spacial score (nSPS) is 12.9. The summed E-state index contributed by atoms with van der Waals surface area (Å²) in [4.78, 5) is 31.5. The van der Waals surface area contributed by atoms with Crippen molar-refractivity contribution in [3.8, 4) is 0 Å². The van der Waals surface area contributed by atoms with Gasteiger partial charge in [0.15, 0.2) is 0 Å². The second-order valence-electron chi connectivity index (χ2n) is 6.22. The van der Waals surface area contributed by atoms with Crippen molar-refractivity contribution in [3.63, 3.8) is 0 Å². The van der Waals surface area contributed by atoms with Crippen molar-refractivity contribution in [2.75, 3.05) is 0 Å². The molecular formula is C18H10N4O4. The molecular weight excluding hydrogens is 336 g/mol. The fraction of sp³-hybridized carbons (Fsp3) is 0.111. The predicted octanol–water partition coefficient (Wildman–Crippen LogP) is 3.85. The van der Waals surface area contributed by atoms with Crippen molar-refractivity contribution in [2.24, 2.45) is 0 Å². The minimum absolute atomic E-state index is 0.0103. The Labute approximate surface area is 145 Å². The van der Waals surface area contributed by atoms with Crippen molar-refractivity contribution in [2.45, 2.75) is 12.8 Å². The average molecular weight is 346 g/mol. The van der Waals surface area contributed by atoms with E-state index in [1.165, 1.54) is 0 Å². The number of fused-ring (bicyclic) bond motifs is 4. The standard InChI is InChI=1S/C18H10N4O4/c23-21(24)17-9-5-6-10-13(9)14(15-11(17)3-1-7-19-15)16-12(4-2-8-20-16)18(10)22(25)26/h1-4,7-8H,5-6H2. The largest absolute Gasteiger partial charge is 0.282 e. The zero-order valence-corrected chi connectivity index (χ0v) is 13.3. The predicted molar refractivity (Wildman–Crippen MR) is 95.3 cm³/mol. The Hall–Kier alpha value is -3.68. The van der Waals surface area contributed by atoms with E-state index in [1.54, 1.807) is 36.7 Å². The van der Waals surface area contributed by atoms with Gasteiger partial charge in [-0.3, -0.25) is 30.2 Å². The first-order chi connectivity index (χ1) is 12.6. The van der Waals surface area contributed by atoms with Crippen molar-refractivity contribution in [3.05, 3.63) is 68.0 Å². The molecule has 1 aliphatic rings. The molecule has 0 unspecified atom stereocenters. The zero-order valence-electron chi connectivity index (χ0n) is 13.3. The van der Waals surface area contributed by atoms with E-state index in [0.29, 0.717) is 56.5 Å². The summed E-state index contributed by atoms with van der Waals surface area (Å²) in [5.74, 6) is 0. The van der Waals surface area contributed by atoms with Crippen LogP contribution >= 0.6 is 0 Å². The highest BCUT2D eigenvalue weighted by Gasteiger charge is 2.35. The molecule has 1 aliphatic carbocycles. The van der Waals surface area contributed by atoms with Gasteiger partial charge in [-0.25, -0.2) is 0 Å². The zero-order chi connectivity index (χ0) is 18.0. The Morgan fingerprint density at radius 1 is 0.769 bits per heavy atom. The number of pyridine rings is 2. The van der Waals surface area contributed by atoms with Gasteiger partial charge in [0.05, 0.1) is 31.7 Å². The van der Waals surface area contributed by atoms with E-state index in [-0.39, 0.29) is 11.4 Å². The smallest absolute Gasteiger partial charge is 0.258 e. The highest BCUT2D eigenvalue weighted by Crippen LogP contribution is 2.48. The van der Waals surface area contributed by atoms with Crippen molar-refractivity contribution in [1.29, 1.82) is 0 Å². The van der Waals surface area contributed by atoms with Gasteiger partial charge in [-0.05, 0) is 37.1 Å². The first kappa shape index (κ1) is 14.6. The Balaban J connectivity index is 2.20. The molecule has 2 heterocycles. The topological polar surface area (TPSA) is 112 Å². The maximum atomic E-state index is 11.8. The lowest BCUT2D eigenvalue weighted by molar-refractivity contribution is -0.383. The van der Waals surface area contributed by atoms with E-state index < -0.39 is 9.85 Å². The summed E-state index contributed by atoms with van der Waals surface area (Å²) >= 11 is 0. The molecule has 0 amide bonds. The van der Waals surface area contributed by atoms with Gasteiger partial charge in [0.1, 0.15) is 0 Å². The highest BCUT2D eigenvalue weighted by molar-refractivity contribution is 6.24. The molecule has 0 atom stereocenters. The molecule has 0 saturated heterocycles. The van der Waals surface area contributed by atoms with Crippen LogP contribution < -0.4 is 0 Å². The van der Waals surface area contributed by atoms with Crippen LogP contribution in [0.15, 0.2) is 36.7 Å². The molecule has 126 valence electrons. The summed E-state index contributed by atoms with van der Waals surface area (Å²) in [6.07, 6.45) is 3.92. The monoisotopic (exact) mass is 346 g/mol. The fourth-order valence-electron chi connectivity index (χ4n) is 4.14. The van der Waals surface area contributed by atoms with E-state index in [1.807, 2.05) is 0 Å². The van der Waals surface area contributed by atoms with Crippen LogP contribution in [-0.4, -0.2) is 19.8 Å². The highest BCUT2D eigenvalue weighted by atomic mass is 16.6. The van der Waals surface area contributed by atoms with Crippen LogP contribution in [0.25, 0.3) is 32.6 Å². The minimum atomic E-state index is -0.414. The molecule has 4 aromatic rings. The lowest BCUT2D eigenvalue weighted by atomic mass is 9.95. The fourth-order valence-corrected chi connectivity index (χ4v) is 4.14. The molecule has 0 N–H and O–H groups in total. The Kier molecular flexibility index (Phi) is 2.77. The Bertz CT molecular complexity index is 1200. The van der Waals surface area contributed by atoms with Crippen LogP contribution in [-0.2, 0) is 12.8 Å². The number of nitrogens with zero attached hydrogens (tertiary/aromatic N) is 4. The van der Waals surface area contributed by atoms with Gasteiger partial charge in [-0.15, -0.1) is 0 Å². The van der Waals surface area contributed by atoms with Crippen molar-refractivity contribution >= 4 is 44.0 Å². The third kappa shape index (κ3) is 1.67. The average Bonchev–Trinajstić information content (AvgIpc) is 3.05. The summed E-state index contributed by atoms with van der Waals surface area (Å²) in [5, 5.41) is 25.7. The number of aryl methyl sites for hydroxylation is 2. The summed E-state index contributed by atoms with van der Waals surface area (Å²) in [7, 11) is 0. The van der Waals surface area contributed by atoms with Crippen molar-refractivity contribution in [1.82, 2.24) is 9.97 Å². The molecule has 5 rings (SSSR count). The van der Waals surface area contributed by atoms with Crippen LogP contribution in [0.1, 0.15) is 11.1 Å². The van der Waals surface area contributed by atoms with Crippen LogP contribution in [0.3, 0.4) is 0 Å². The maximum Gasteiger partial charge on any atom is 0.282 e. The number of benzene rings is 2. The Morgan fingerprint density at radius 3 is 1.65 bits per heavy atom. The maximum absolute atomic E-state index is 11.8. The molecule has 26 heavy (non-hydrogen) atoms. The SMILES string of the molecule is O=[N+]([O-])c1c2c3c(c([N+](=O)[O-])c4cccnc4c3c3ncccc13)CC2. The first-order valence-electron chi connectivity index (χ1n) is 8.01. The minimum Gasteiger partial charge on any atom is -0.258 e. The van der Waals surface area contributed by atoms with Gasteiger partial charge in [0, 0.05) is 34.3 Å². The molecule has 0 fully saturated rings. The first-order valence-corrected chi connectivity index (χ1v) is 8.01. The van der Waals surface area contributed by atoms with Gasteiger partial charge < -0.3 is 0 Å². The molecule has 8 nitrogen and oxygen atoms in total. The molecule has 2 aromatic heterocycles. The van der Waals surface area contributed by atoms with Gasteiger partial charge in [-0.2, -0.15) is 0 Å². The molecule has 0 spiro atoms. The van der Waals surface area contributed by atoms with Gasteiger partial charge in [0.2, 0.25) is 0 Å². The van der Waals surface area contributed by atoms with E-state index in [0.717, 1.165) is 0 Å². The van der Waals surface area contributed by atoms with Gasteiger partial charge >= 0.3 is 0 Å². The lowest BCUT2D eigenvalue weighted by Crippen LogP contribution is -1.99.